The van der Waals surface area contributed by atoms with Gasteiger partial charge in [0.1, 0.15) is 0 Å². The second-order valence-electron chi connectivity index (χ2n) is 6.91. The summed E-state index contributed by atoms with van der Waals surface area (Å²) in [7, 11) is 0. The summed E-state index contributed by atoms with van der Waals surface area (Å²) in [6.07, 6.45) is 2.55. The molecule has 1 N–H and O–H groups in total. The predicted molar refractivity (Wildman–Crippen MR) is 93.7 cm³/mol. The van der Waals surface area contributed by atoms with Crippen molar-refractivity contribution in [3.63, 3.8) is 0 Å². The van der Waals surface area contributed by atoms with Gasteiger partial charge in [-0.25, -0.2) is 0 Å². The minimum Gasteiger partial charge on any atom is -0.481 e. The normalized spacial score (nSPS) is 15.6. The molecule has 1 unspecified atom stereocenters. The fourth-order valence-electron chi connectivity index (χ4n) is 3.42. The topological polar surface area (TPSA) is 37.3 Å². The van der Waals surface area contributed by atoms with Gasteiger partial charge in [0.15, 0.2) is 0 Å². The van der Waals surface area contributed by atoms with Crippen LogP contribution in [0.2, 0.25) is 0 Å². The number of hydrogen-bond acceptors (Lipinski definition) is 1. The number of benzene rings is 2. The summed E-state index contributed by atoms with van der Waals surface area (Å²) in [4.78, 5) is 11.2. The van der Waals surface area contributed by atoms with Crippen LogP contribution < -0.4 is 0 Å². The summed E-state index contributed by atoms with van der Waals surface area (Å²) in [5.41, 5.74) is 4.96. The minimum atomic E-state index is -0.698. The largest absolute Gasteiger partial charge is 0.481 e. The lowest BCUT2D eigenvalue weighted by atomic mass is 9.85. The molecule has 1 saturated carbocycles. The van der Waals surface area contributed by atoms with Crippen LogP contribution >= 0.6 is 0 Å². The lowest BCUT2D eigenvalue weighted by Gasteiger charge is -2.19. The summed E-state index contributed by atoms with van der Waals surface area (Å²) < 4.78 is 0. The van der Waals surface area contributed by atoms with Crippen LogP contribution in [-0.2, 0) is 4.79 Å². The fraction of sp³-hybridized carbons (Fsp3) is 0.381. The highest BCUT2D eigenvalue weighted by molar-refractivity contribution is 5.71. The van der Waals surface area contributed by atoms with Gasteiger partial charge in [0.25, 0.3) is 0 Å². The highest BCUT2D eigenvalue weighted by Gasteiger charge is 2.34. The molecular formula is C21H24O2. The molecular weight excluding hydrogens is 284 g/mol. The van der Waals surface area contributed by atoms with E-state index in [9.17, 15) is 9.90 Å². The van der Waals surface area contributed by atoms with Crippen LogP contribution in [-0.4, -0.2) is 11.1 Å². The van der Waals surface area contributed by atoms with E-state index < -0.39 is 5.97 Å². The number of rotatable bonds is 6. The van der Waals surface area contributed by atoms with Gasteiger partial charge in [-0.15, -0.1) is 0 Å². The Morgan fingerprint density at radius 3 is 2.39 bits per heavy atom. The monoisotopic (exact) mass is 308 g/mol. The van der Waals surface area contributed by atoms with E-state index in [1.807, 2.05) is 6.07 Å². The third-order valence-corrected chi connectivity index (χ3v) is 4.80. The number of aliphatic carboxylic acids is 1. The van der Waals surface area contributed by atoms with Gasteiger partial charge in [-0.2, -0.15) is 0 Å². The molecule has 0 radical (unpaired) electrons. The second kappa shape index (κ2) is 6.57. The van der Waals surface area contributed by atoms with E-state index in [1.165, 1.54) is 22.3 Å². The zero-order valence-corrected chi connectivity index (χ0v) is 13.8. The van der Waals surface area contributed by atoms with E-state index in [1.54, 1.807) is 0 Å². The maximum absolute atomic E-state index is 11.2. The third-order valence-electron chi connectivity index (χ3n) is 4.80. The molecule has 0 aliphatic heterocycles. The predicted octanol–water partition coefficient (Wildman–Crippen LogP) is 5.45. The Kier molecular flexibility index (Phi) is 4.51. The van der Waals surface area contributed by atoms with E-state index >= 15 is 0 Å². The average Bonchev–Trinajstić information content (AvgIpc) is 3.37. The molecule has 0 saturated heterocycles. The van der Waals surface area contributed by atoms with Gasteiger partial charge in [-0.05, 0) is 52.8 Å². The number of carboxylic acid groups (broad SMARTS) is 1. The Labute approximate surface area is 138 Å². The lowest BCUT2D eigenvalue weighted by Crippen LogP contribution is -2.09. The summed E-state index contributed by atoms with van der Waals surface area (Å²) in [5.74, 6) is 0.435. The number of hydrogen-bond donors (Lipinski definition) is 1. The molecule has 1 aliphatic carbocycles. The minimum absolute atomic E-state index is 0.149. The van der Waals surface area contributed by atoms with Crippen molar-refractivity contribution in [1.82, 2.24) is 0 Å². The van der Waals surface area contributed by atoms with Crippen molar-refractivity contribution in [2.24, 2.45) is 5.92 Å². The molecule has 1 fully saturated rings. The summed E-state index contributed by atoms with van der Waals surface area (Å²) in [5, 5.41) is 9.25. The quantitative estimate of drug-likeness (QED) is 0.771. The standard InChI is InChI=1S/C21H24O2/c1-14(2)18-11-10-17(19(13-21(22)23)16-8-9-16)12-20(18)15-6-4-3-5-7-15/h3-7,10-12,14,16,19H,8-9,13H2,1-2H3,(H,22,23). The molecule has 1 atom stereocenters. The molecule has 2 nitrogen and oxygen atoms in total. The van der Waals surface area contributed by atoms with Crippen LogP contribution in [0.25, 0.3) is 11.1 Å². The maximum Gasteiger partial charge on any atom is 0.303 e. The van der Waals surface area contributed by atoms with Crippen LogP contribution in [0.5, 0.6) is 0 Å². The fourth-order valence-corrected chi connectivity index (χ4v) is 3.42. The average molecular weight is 308 g/mol. The highest BCUT2D eigenvalue weighted by Crippen LogP contribution is 2.45. The highest BCUT2D eigenvalue weighted by atomic mass is 16.4. The third kappa shape index (κ3) is 3.64. The SMILES string of the molecule is CC(C)c1ccc(C(CC(=O)O)C2CC2)cc1-c1ccccc1. The molecule has 0 spiro atoms. The van der Waals surface area contributed by atoms with Crippen molar-refractivity contribution in [1.29, 1.82) is 0 Å². The first-order valence-corrected chi connectivity index (χ1v) is 8.47. The first-order valence-electron chi connectivity index (χ1n) is 8.47. The van der Waals surface area contributed by atoms with Crippen molar-refractivity contribution in [3.8, 4) is 11.1 Å². The first-order chi connectivity index (χ1) is 11.1. The molecule has 0 heterocycles. The Morgan fingerprint density at radius 2 is 1.83 bits per heavy atom. The lowest BCUT2D eigenvalue weighted by molar-refractivity contribution is -0.137. The Morgan fingerprint density at radius 1 is 1.13 bits per heavy atom. The van der Waals surface area contributed by atoms with Gasteiger partial charge in [0.05, 0.1) is 6.42 Å². The molecule has 0 amide bonds. The molecule has 23 heavy (non-hydrogen) atoms. The molecule has 120 valence electrons. The first kappa shape index (κ1) is 15.8. The molecule has 2 aromatic carbocycles. The molecule has 0 bridgehead atoms. The van der Waals surface area contributed by atoms with Gasteiger partial charge in [0, 0.05) is 0 Å². The van der Waals surface area contributed by atoms with Crippen LogP contribution in [0, 0.1) is 5.92 Å². The number of carboxylic acids is 1. The zero-order valence-electron chi connectivity index (χ0n) is 13.8. The zero-order chi connectivity index (χ0) is 16.4. The van der Waals surface area contributed by atoms with Gasteiger partial charge in [0.2, 0.25) is 0 Å². The Balaban J connectivity index is 2.04. The van der Waals surface area contributed by atoms with Crippen LogP contribution in [0.4, 0.5) is 0 Å². The maximum atomic E-state index is 11.2. The summed E-state index contributed by atoms with van der Waals surface area (Å²) >= 11 is 0. The summed E-state index contributed by atoms with van der Waals surface area (Å²) in [6.45, 7) is 4.41. The molecule has 1 aliphatic rings. The van der Waals surface area contributed by atoms with Crippen molar-refractivity contribution in [2.75, 3.05) is 0 Å². The summed E-state index contributed by atoms with van der Waals surface area (Å²) in [6, 6.07) is 17.0. The van der Waals surface area contributed by atoms with E-state index in [2.05, 4.69) is 56.3 Å². The van der Waals surface area contributed by atoms with E-state index in [0.717, 1.165) is 12.8 Å². The van der Waals surface area contributed by atoms with Gasteiger partial charge in [-0.3, -0.25) is 4.79 Å². The van der Waals surface area contributed by atoms with Gasteiger partial charge >= 0.3 is 5.97 Å². The van der Waals surface area contributed by atoms with Crippen molar-refractivity contribution in [2.45, 2.75) is 44.9 Å². The second-order valence-corrected chi connectivity index (χ2v) is 6.91. The Hall–Kier alpha value is -2.09. The van der Waals surface area contributed by atoms with Gasteiger partial charge < -0.3 is 5.11 Å². The molecule has 2 aromatic rings. The van der Waals surface area contributed by atoms with Crippen molar-refractivity contribution >= 4 is 5.97 Å². The Bertz CT molecular complexity index is 684. The smallest absolute Gasteiger partial charge is 0.303 e. The molecule has 0 aromatic heterocycles. The van der Waals surface area contributed by atoms with Gasteiger partial charge in [-0.1, -0.05) is 62.4 Å². The van der Waals surface area contributed by atoms with Crippen LogP contribution in [0.1, 0.15) is 56.1 Å². The van der Waals surface area contributed by atoms with Crippen LogP contribution in [0.15, 0.2) is 48.5 Å². The molecule has 2 heteroatoms. The number of carbonyl (C=O) groups is 1. The van der Waals surface area contributed by atoms with Crippen molar-refractivity contribution in [3.05, 3.63) is 59.7 Å². The van der Waals surface area contributed by atoms with E-state index in [-0.39, 0.29) is 12.3 Å². The van der Waals surface area contributed by atoms with Crippen LogP contribution in [0.3, 0.4) is 0 Å². The van der Waals surface area contributed by atoms with E-state index in [0.29, 0.717) is 11.8 Å². The van der Waals surface area contributed by atoms with Crippen molar-refractivity contribution < 1.29 is 9.90 Å². The molecule has 3 rings (SSSR count). The van der Waals surface area contributed by atoms with E-state index in [4.69, 9.17) is 0 Å².